The third-order valence-electron chi connectivity index (χ3n) is 3.71. The van der Waals surface area contributed by atoms with E-state index in [-0.39, 0.29) is 0 Å². The fourth-order valence-electron chi connectivity index (χ4n) is 2.89. The van der Waals surface area contributed by atoms with Crippen molar-refractivity contribution >= 4 is 0 Å². The molecule has 0 radical (unpaired) electrons. The molecule has 3 heteroatoms. The molecule has 1 aromatic rings. The zero-order chi connectivity index (χ0) is 12.3. The second-order valence-corrected chi connectivity index (χ2v) is 5.41. The normalized spacial score (nSPS) is 24.7. The van der Waals surface area contributed by atoms with Crippen molar-refractivity contribution in [3.63, 3.8) is 0 Å². The highest BCUT2D eigenvalue weighted by atomic mass is 15.1. The zero-order valence-corrected chi connectivity index (χ0v) is 11.3. The van der Waals surface area contributed by atoms with Crippen LogP contribution in [0.3, 0.4) is 0 Å². The molecule has 0 aliphatic heterocycles. The van der Waals surface area contributed by atoms with Crippen LogP contribution in [0.2, 0.25) is 0 Å². The Balaban J connectivity index is 2.11. The van der Waals surface area contributed by atoms with Gasteiger partial charge in [0.1, 0.15) is 5.82 Å². The molecule has 17 heavy (non-hydrogen) atoms. The van der Waals surface area contributed by atoms with Gasteiger partial charge in [-0.2, -0.15) is 0 Å². The van der Waals surface area contributed by atoms with Gasteiger partial charge in [-0.05, 0) is 32.2 Å². The summed E-state index contributed by atoms with van der Waals surface area (Å²) >= 11 is 0. The van der Waals surface area contributed by atoms with E-state index >= 15 is 0 Å². The third kappa shape index (κ3) is 2.71. The van der Waals surface area contributed by atoms with Crippen molar-refractivity contribution in [1.29, 1.82) is 0 Å². The number of nitrogens with zero attached hydrogens (tertiary/aromatic N) is 2. The van der Waals surface area contributed by atoms with Crippen LogP contribution in [-0.4, -0.2) is 22.1 Å². The molecule has 1 aromatic heterocycles. The highest BCUT2D eigenvalue weighted by Gasteiger charge is 2.29. The molecule has 1 heterocycles. The summed E-state index contributed by atoms with van der Waals surface area (Å²) in [5.74, 6) is 1.75. The molecule has 1 fully saturated rings. The Hall–Kier alpha value is -0.830. The Labute approximate surface area is 105 Å². The Bertz CT molecular complexity index is 343. The summed E-state index contributed by atoms with van der Waals surface area (Å²) in [6.45, 7) is 7.81. The average molecular weight is 235 g/mol. The highest BCUT2D eigenvalue weighted by Crippen LogP contribution is 2.32. The molecule has 96 valence electrons. The van der Waals surface area contributed by atoms with Crippen LogP contribution in [0.1, 0.15) is 64.2 Å². The lowest BCUT2D eigenvalue weighted by molar-refractivity contribution is 0.380. The quantitative estimate of drug-likeness (QED) is 0.850. The van der Waals surface area contributed by atoms with E-state index in [0.29, 0.717) is 18.0 Å². The van der Waals surface area contributed by atoms with Crippen molar-refractivity contribution in [2.24, 2.45) is 0 Å². The topological polar surface area (TPSA) is 29.9 Å². The number of hydrogen-bond acceptors (Lipinski definition) is 2. The van der Waals surface area contributed by atoms with Crippen LogP contribution in [0.15, 0.2) is 12.4 Å². The van der Waals surface area contributed by atoms with Crippen LogP contribution >= 0.6 is 0 Å². The lowest BCUT2D eigenvalue weighted by Crippen LogP contribution is -2.34. The molecule has 0 amide bonds. The van der Waals surface area contributed by atoms with E-state index in [4.69, 9.17) is 0 Å². The van der Waals surface area contributed by atoms with E-state index in [0.717, 1.165) is 6.54 Å². The van der Waals surface area contributed by atoms with Crippen LogP contribution in [-0.2, 0) is 0 Å². The van der Waals surface area contributed by atoms with Crippen LogP contribution in [0.5, 0.6) is 0 Å². The summed E-state index contributed by atoms with van der Waals surface area (Å²) in [6.07, 6.45) is 9.25. The van der Waals surface area contributed by atoms with E-state index in [1.807, 2.05) is 6.20 Å². The fourth-order valence-corrected chi connectivity index (χ4v) is 2.89. The zero-order valence-electron chi connectivity index (χ0n) is 11.3. The number of rotatable bonds is 5. The van der Waals surface area contributed by atoms with Gasteiger partial charge < -0.3 is 9.88 Å². The minimum atomic E-state index is 0.512. The van der Waals surface area contributed by atoms with Gasteiger partial charge in [0.15, 0.2) is 0 Å². The van der Waals surface area contributed by atoms with E-state index in [9.17, 15) is 0 Å². The lowest BCUT2D eigenvalue weighted by atomic mass is 10.1. The molecule has 0 aromatic carbocycles. The van der Waals surface area contributed by atoms with Gasteiger partial charge in [0, 0.05) is 24.4 Å². The third-order valence-corrected chi connectivity index (χ3v) is 3.71. The Kier molecular flexibility index (Phi) is 4.21. The van der Waals surface area contributed by atoms with Crippen LogP contribution in [0.4, 0.5) is 0 Å². The molecule has 2 unspecified atom stereocenters. The smallest absolute Gasteiger partial charge is 0.111 e. The van der Waals surface area contributed by atoms with Gasteiger partial charge in [-0.15, -0.1) is 0 Å². The Morgan fingerprint density at radius 2 is 2.29 bits per heavy atom. The fraction of sp³-hybridized carbons (Fsp3) is 0.786. The summed E-state index contributed by atoms with van der Waals surface area (Å²) < 4.78 is 2.41. The van der Waals surface area contributed by atoms with Crippen molar-refractivity contribution in [1.82, 2.24) is 14.9 Å². The first-order chi connectivity index (χ1) is 8.24. The lowest BCUT2D eigenvalue weighted by Gasteiger charge is -2.24. The first kappa shape index (κ1) is 12.6. The first-order valence-corrected chi connectivity index (χ1v) is 7.00. The van der Waals surface area contributed by atoms with E-state index in [1.165, 1.54) is 31.5 Å². The molecule has 1 N–H and O–H groups in total. The minimum absolute atomic E-state index is 0.512. The standard InChI is InChI=1S/C14H25N3/c1-4-8-15-12-6-5-7-13(12)17-10-9-16-14(17)11(2)3/h9-13,15H,4-8H2,1-3H3. The molecular weight excluding hydrogens is 210 g/mol. The van der Waals surface area contributed by atoms with Crippen molar-refractivity contribution < 1.29 is 0 Å². The van der Waals surface area contributed by atoms with Gasteiger partial charge in [0.05, 0.1) is 6.04 Å². The summed E-state index contributed by atoms with van der Waals surface area (Å²) in [5.41, 5.74) is 0. The number of imidazole rings is 1. The average Bonchev–Trinajstić information content (AvgIpc) is 2.94. The molecular formula is C14H25N3. The van der Waals surface area contributed by atoms with Crippen molar-refractivity contribution in [2.75, 3.05) is 6.54 Å². The van der Waals surface area contributed by atoms with Crippen LogP contribution < -0.4 is 5.32 Å². The monoisotopic (exact) mass is 235 g/mol. The maximum atomic E-state index is 4.51. The SMILES string of the molecule is CCCNC1CCCC1n1ccnc1C(C)C. The number of hydrogen-bond donors (Lipinski definition) is 1. The molecule has 2 rings (SSSR count). The molecule has 1 saturated carbocycles. The van der Waals surface area contributed by atoms with E-state index in [2.05, 4.69) is 41.8 Å². The number of nitrogens with one attached hydrogen (secondary N) is 1. The summed E-state index contributed by atoms with van der Waals surface area (Å²) in [7, 11) is 0. The second kappa shape index (κ2) is 5.67. The second-order valence-electron chi connectivity index (χ2n) is 5.41. The highest BCUT2D eigenvalue weighted by molar-refractivity contribution is 5.03. The van der Waals surface area contributed by atoms with E-state index < -0.39 is 0 Å². The van der Waals surface area contributed by atoms with Gasteiger partial charge in [0.2, 0.25) is 0 Å². The van der Waals surface area contributed by atoms with Gasteiger partial charge >= 0.3 is 0 Å². The van der Waals surface area contributed by atoms with Crippen molar-refractivity contribution in [2.45, 2.75) is 64.5 Å². The molecule has 2 atom stereocenters. The van der Waals surface area contributed by atoms with E-state index in [1.54, 1.807) is 0 Å². The molecule has 1 aliphatic rings. The predicted octanol–water partition coefficient (Wildman–Crippen LogP) is 3.10. The van der Waals surface area contributed by atoms with Crippen molar-refractivity contribution in [3.8, 4) is 0 Å². The molecule has 3 nitrogen and oxygen atoms in total. The van der Waals surface area contributed by atoms with Crippen molar-refractivity contribution in [3.05, 3.63) is 18.2 Å². The van der Waals surface area contributed by atoms with Gasteiger partial charge in [-0.25, -0.2) is 4.98 Å². The van der Waals surface area contributed by atoms with Crippen LogP contribution in [0, 0.1) is 0 Å². The largest absolute Gasteiger partial charge is 0.330 e. The summed E-state index contributed by atoms with van der Waals surface area (Å²) in [5, 5.41) is 3.69. The van der Waals surface area contributed by atoms with Crippen LogP contribution in [0.25, 0.3) is 0 Å². The Morgan fingerprint density at radius 3 is 3.00 bits per heavy atom. The molecule has 0 saturated heterocycles. The predicted molar refractivity (Wildman–Crippen MR) is 71.3 cm³/mol. The van der Waals surface area contributed by atoms with Gasteiger partial charge in [-0.1, -0.05) is 20.8 Å². The van der Waals surface area contributed by atoms with Gasteiger partial charge in [-0.3, -0.25) is 0 Å². The maximum Gasteiger partial charge on any atom is 0.111 e. The minimum Gasteiger partial charge on any atom is -0.330 e. The van der Waals surface area contributed by atoms with Gasteiger partial charge in [0.25, 0.3) is 0 Å². The molecule has 0 bridgehead atoms. The summed E-state index contributed by atoms with van der Waals surface area (Å²) in [6, 6.07) is 1.25. The molecule has 0 spiro atoms. The summed E-state index contributed by atoms with van der Waals surface area (Å²) in [4.78, 5) is 4.51. The Morgan fingerprint density at radius 1 is 1.47 bits per heavy atom. The first-order valence-electron chi connectivity index (χ1n) is 7.00. The molecule has 1 aliphatic carbocycles. The maximum absolute atomic E-state index is 4.51. The number of aromatic nitrogens is 2.